The molecule has 1 aromatic carbocycles. The van der Waals surface area contributed by atoms with Gasteiger partial charge in [-0.3, -0.25) is 4.79 Å². The monoisotopic (exact) mass is 212 g/mol. The van der Waals surface area contributed by atoms with E-state index in [0.29, 0.717) is 0 Å². The zero-order valence-corrected chi connectivity index (χ0v) is 10.7. The molecule has 2 nitrogen and oxygen atoms in total. The molecule has 2 N–H and O–H groups in total. The highest BCUT2D eigenvalue weighted by atomic mass is 16.1. The van der Waals surface area contributed by atoms with E-state index in [0.717, 1.165) is 11.1 Å². The maximum atomic E-state index is 10.8. The Morgan fingerprint density at radius 1 is 1.07 bits per heavy atom. The summed E-state index contributed by atoms with van der Waals surface area (Å²) in [6.45, 7) is 11.6. The zero-order chi connectivity index (χ0) is 11.6. The fourth-order valence-electron chi connectivity index (χ4n) is 0.864. The number of Topliss-reactive ketones (excluding diaryl/α,β-unsaturated/α-hetero) is 1. The molecule has 0 aromatic heterocycles. The molecular weight excluding hydrogens is 188 g/mol. The van der Waals surface area contributed by atoms with Gasteiger partial charge in [-0.25, -0.2) is 0 Å². The van der Waals surface area contributed by atoms with Gasteiger partial charge < -0.3 is 5.48 Å². The lowest BCUT2D eigenvalue weighted by Gasteiger charge is -1.94. The summed E-state index contributed by atoms with van der Waals surface area (Å²) < 4.78 is 0. The van der Waals surface area contributed by atoms with Gasteiger partial charge in [-0.1, -0.05) is 51.5 Å². The van der Waals surface area contributed by atoms with E-state index in [9.17, 15) is 4.79 Å². The second-order valence-corrected chi connectivity index (χ2v) is 2.43. The van der Waals surface area contributed by atoms with E-state index in [1.807, 2.05) is 58.9 Å². The van der Waals surface area contributed by atoms with E-state index >= 15 is 0 Å². The molecule has 0 radical (unpaired) electrons. The Hall–Kier alpha value is -1.15. The summed E-state index contributed by atoms with van der Waals surface area (Å²) in [7, 11) is 0. The summed E-state index contributed by atoms with van der Waals surface area (Å²) in [6.07, 6.45) is 0. The Morgan fingerprint density at radius 3 is 1.80 bits per heavy atom. The molecule has 0 bridgehead atoms. The third-order valence-electron chi connectivity index (χ3n) is 1.42. The first kappa shape index (κ1) is 19.4. The molecule has 0 spiro atoms. The van der Waals surface area contributed by atoms with Gasteiger partial charge in [0.2, 0.25) is 0 Å². The molecule has 0 aliphatic carbocycles. The van der Waals surface area contributed by atoms with Crippen molar-refractivity contribution < 1.29 is 10.3 Å². The molecule has 88 valence electrons. The van der Waals surface area contributed by atoms with E-state index in [4.69, 9.17) is 0 Å². The van der Waals surface area contributed by atoms with Crippen LogP contribution >= 0.6 is 0 Å². The van der Waals surface area contributed by atoms with Crippen LogP contribution in [0.1, 0.15) is 50.5 Å². The predicted octanol–water partition coefficient (Wildman–Crippen LogP) is 3.43. The summed E-state index contributed by atoms with van der Waals surface area (Å²) in [5, 5.41) is 0. The third-order valence-corrected chi connectivity index (χ3v) is 1.42. The number of ketones is 1. The summed E-state index contributed by atoms with van der Waals surface area (Å²) in [6, 6.07) is 7.59. The van der Waals surface area contributed by atoms with E-state index in [-0.39, 0.29) is 11.3 Å². The van der Waals surface area contributed by atoms with Gasteiger partial charge in [0.25, 0.3) is 0 Å². The maximum Gasteiger partial charge on any atom is 0.159 e. The van der Waals surface area contributed by atoms with Crippen LogP contribution in [-0.4, -0.2) is 11.3 Å². The Labute approximate surface area is 93.6 Å². The van der Waals surface area contributed by atoms with Crippen LogP contribution in [0.4, 0.5) is 0 Å². The second-order valence-electron chi connectivity index (χ2n) is 2.43. The average Bonchev–Trinajstić information content (AvgIpc) is 2.24. The molecule has 0 saturated heterocycles. The Balaban J connectivity index is -0.000000258. The molecule has 0 fully saturated rings. The number of carbonyl (C=O) groups excluding carboxylic acids is 1. The summed E-state index contributed by atoms with van der Waals surface area (Å²) in [5.74, 6) is 0.128. The van der Waals surface area contributed by atoms with Crippen LogP contribution < -0.4 is 0 Å². The van der Waals surface area contributed by atoms with Crippen molar-refractivity contribution in [1.29, 1.82) is 0 Å². The summed E-state index contributed by atoms with van der Waals surface area (Å²) in [4.78, 5) is 10.8. The molecule has 0 atom stereocenters. The van der Waals surface area contributed by atoms with Gasteiger partial charge in [0.15, 0.2) is 5.78 Å². The van der Waals surface area contributed by atoms with Crippen molar-refractivity contribution >= 4 is 5.78 Å². The molecule has 1 rings (SSSR count). The highest BCUT2D eigenvalue weighted by molar-refractivity contribution is 5.94. The lowest BCUT2D eigenvalue weighted by atomic mass is 10.1. The highest BCUT2D eigenvalue weighted by Gasteiger charge is 1.95. The number of rotatable bonds is 1. The van der Waals surface area contributed by atoms with Gasteiger partial charge in [-0.15, -0.1) is 0 Å². The van der Waals surface area contributed by atoms with Crippen molar-refractivity contribution in [2.45, 2.75) is 41.5 Å². The topological polar surface area (TPSA) is 48.6 Å². The van der Waals surface area contributed by atoms with E-state index in [1.54, 1.807) is 6.92 Å². The predicted molar refractivity (Wildman–Crippen MR) is 67.5 cm³/mol. The minimum absolute atomic E-state index is 0. The van der Waals surface area contributed by atoms with Crippen LogP contribution in [0.25, 0.3) is 0 Å². The van der Waals surface area contributed by atoms with Crippen LogP contribution in [0, 0.1) is 6.92 Å². The van der Waals surface area contributed by atoms with Crippen LogP contribution in [0.15, 0.2) is 24.3 Å². The van der Waals surface area contributed by atoms with Gasteiger partial charge in [0, 0.05) is 5.56 Å². The van der Waals surface area contributed by atoms with Crippen molar-refractivity contribution in [3.63, 3.8) is 0 Å². The second kappa shape index (κ2) is 12.8. The Morgan fingerprint density at radius 2 is 1.53 bits per heavy atom. The lowest BCUT2D eigenvalue weighted by Crippen LogP contribution is -1.90. The fraction of sp³-hybridized carbons (Fsp3) is 0.462. The highest BCUT2D eigenvalue weighted by Crippen LogP contribution is 2.03. The SMILES string of the molecule is CC.CC.CC(=O)c1cccc(C)c1.O. The molecule has 0 heterocycles. The number of benzene rings is 1. The zero-order valence-electron chi connectivity index (χ0n) is 10.7. The van der Waals surface area contributed by atoms with Crippen molar-refractivity contribution in [2.24, 2.45) is 0 Å². The number of carbonyl (C=O) groups is 1. The third kappa shape index (κ3) is 9.16. The van der Waals surface area contributed by atoms with Crippen LogP contribution in [0.5, 0.6) is 0 Å². The molecule has 15 heavy (non-hydrogen) atoms. The van der Waals surface area contributed by atoms with Gasteiger partial charge >= 0.3 is 0 Å². The summed E-state index contributed by atoms with van der Waals surface area (Å²) in [5.41, 5.74) is 1.92. The molecule has 0 aliphatic rings. The summed E-state index contributed by atoms with van der Waals surface area (Å²) >= 11 is 0. The first-order valence-electron chi connectivity index (χ1n) is 5.28. The van der Waals surface area contributed by atoms with Crippen LogP contribution in [-0.2, 0) is 0 Å². The molecule has 0 aliphatic heterocycles. The van der Waals surface area contributed by atoms with Crippen molar-refractivity contribution in [1.82, 2.24) is 0 Å². The van der Waals surface area contributed by atoms with E-state index in [2.05, 4.69) is 0 Å². The van der Waals surface area contributed by atoms with Gasteiger partial charge in [-0.2, -0.15) is 0 Å². The van der Waals surface area contributed by atoms with Gasteiger partial charge in [-0.05, 0) is 19.9 Å². The molecule has 2 heteroatoms. The molecule has 1 aromatic rings. The Kier molecular flexibility index (Phi) is 16.6. The maximum absolute atomic E-state index is 10.8. The minimum Gasteiger partial charge on any atom is -0.412 e. The lowest BCUT2D eigenvalue weighted by molar-refractivity contribution is 0.101. The molecule has 0 unspecified atom stereocenters. The molecule has 0 amide bonds. The number of aryl methyl sites for hydroxylation is 1. The van der Waals surface area contributed by atoms with Crippen molar-refractivity contribution in [2.75, 3.05) is 0 Å². The van der Waals surface area contributed by atoms with Crippen molar-refractivity contribution in [3.8, 4) is 0 Å². The standard InChI is InChI=1S/C9H10O.2C2H6.H2O/c1-7-4-3-5-9(6-7)8(2)10;2*1-2;/h3-6H,1-2H3;2*1-2H3;1H2. The van der Waals surface area contributed by atoms with Gasteiger partial charge in [0.05, 0.1) is 0 Å². The largest absolute Gasteiger partial charge is 0.412 e. The number of hydrogen-bond donors (Lipinski definition) is 0. The molecular formula is C13H24O2. The average molecular weight is 212 g/mol. The Bertz CT molecular complexity index is 254. The van der Waals surface area contributed by atoms with Gasteiger partial charge in [0.1, 0.15) is 0 Å². The first-order chi connectivity index (χ1) is 6.70. The van der Waals surface area contributed by atoms with Crippen LogP contribution in [0.3, 0.4) is 0 Å². The van der Waals surface area contributed by atoms with Crippen LogP contribution in [0.2, 0.25) is 0 Å². The van der Waals surface area contributed by atoms with E-state index < -0.39 is 0 Å². The normalized spacial score (nSPS) is 7.07. The molecule has 0 saturated carbocycles. The van der Waals surface area contributed by atoms with E-state index in [1.165, 1.54) is 0 Å². The fourth-order valence-corrected chi connectivity index (χ4v) is 0.864. The number of hydrogen-bond acceptors (Lipinski definition) is 1. The quantitative estimate of drug-likeness (QED) is 0.658. The smallest absolute Gasteiger partial charge is 0.159 e. The minimum atomic E-state index is 0. The van der Waals surface area contributed by atoms with Crippen molar-refractivity contribution in [3.05, 3.63) is 35.4 Å². The first-order valence-corrected chi connectivity index (χ1v) is 5.28.